The van der Waals surface area contributed by atoms with Crippen LogP contribution in [0, 0.1) is 5.41 Å². The average Bonchev–Trinajstić information content (AvgIpc) is 2.72. The standard InChI is InChI=1S/C22H19Cl2N3O2/c23-16-6-1-7-17(18(16)24)26-22(28)15-11-13-10-12-4-2-8-27-9-3-5-14(19(12)27)20(13)29-21(15)25/h1,6-7,10-11,25H,2-5,8-9H2,(H,26,28). The Morgan fingerprint density at radius 2 is 1.93 bits per heavy atom. The molecule has 2 aromatic carbocycles. The molecule has 1 amide bonds. The maximum absolute atomic E-state index is 12.8. The third kappa shape index (κ3) is 3.09. The molecule has 29 heavy (non-hydrogen) atoms. The van der Waals surface area contributed by atoms with E-state index in [4.69, 9.17) is 33.0 Å². The van der Waals surface area contributed by atoms with Crippen molar-refractivity contribution in [1.29, 1.82) is 5.41 Å². The quantitative estimate of drug-likeness (QED) is 0.592. The highest BCUT2D eigenvalue weighted by Gasteiger charge is 2.27. The summed E-state index contributed by atoms with van der Waals surface area (Å²) in [5, 5.41) is 12.5. The zero-order valence-corrected chi connectivity index (χ0v) is 17.2. The molecule has 0 saturated carbocycles. The first kappa shape index (κ1) is 18.5. The minimum absolute atomic E-state index is 0.155. The van der Waals surface area contributed by atoms with Gasteiger partial charge in [-0.1, -0.05) is 29.3 Å². The van der Waals surface area contributed by atoms with Gasteiger partial charge in [-0.25, -0.2) is 0 Å². The van der Waals surface area contributed by atoms with Crippen LogP contribution in [-0.2, 0) is 12.8 Å². The van der Waals surface area contributed by atoms with Crippen molar-refractivity contribution in [3.63, 3.8) is 0 Å². The Balaban J connectivity index is 1.60. The van der Waals surface area contributed by atoms with Gasteiger partial charge in [0.2, 0.25) is 5.55 Å². The van der Waals surface area contributed by atoms with Crippen LogP contribution in [-0.4, -0.2) is 19.0 Å². The molecule has 3 aromatic rings. The van der Waals surface area contributed by atoms with Gasteiger partial charge in [0.15, 0.2) is 0 Å². The van der Waals surface area contributed by atoms with Crippen LogP contribution in [0.25, 0.3) is 11.0 Å². The third-order valence-electron chi connectivity index (χ3n) is 5.69. The fraction of sp³-hybridized carbons (Fsp3) is 0.273. The maximum Gasteiger partial charge on any atom is 0.261 e. The minimum Gasteiger partial charge on any atom is -0.438 e. The van der Waals surface area contributed by atoms with E-state index in [1.807, 2.05) is 0 Å². The van der Waals surface area contributed by atoms with Gasteiger partial charge in [0.25, 0.3) is 5.91 Å². The van der Waals surface area contributed by atoms with Gasteiger partial charge in [0.05, 0.1) is 15.7 Å². The molecule has 3 heterocycles. The van der Waals surface area contributed by atoms with Crippen LogP contribution >= 0.6 is 23.2 Å². The molecule has 0 bridgehead atoms. The highest BCUT2D eigenvalue weighted by atomic mass is 35.5. The molecule has 5 rings (SSSR count). The molecule has 0 atom stereocenters. The summed E-state index contributed by atoms with van der Waals surface area (Å²) in [6, 6.07) is 8.89. The fourth-order valence-electron chi connectivity index (χ4n) is 4.42. The van der Waals surface area contributed by atoms with Crippen molar-refractivity contribution in [2.24, 2.45) is 0 Å². The maximum atomic E-state index is 12.8. The van der Waals surface area contributed by atoms with Crippen LogP contribution in [0.5, 0.6) is 0 Å². The first-order chi connectivity index (χ1) is 14.0. The first-order valence-electron chi connectivity index (χ1n) is 9.70. The number of carbonyl (C=O) groups excluding carboxylic acids is 1. The summed E-state index contributed by atoms with van der Waals surface area (Å²) in [5.41, 5.74) is 4.89. The summed E-state index contributed by atoms with van der Waals surface area (Å²) in [6.07, 6.45) is 4.16. The van der Waals surface area contributed by atoms with Crippen molar-refractivity contribution >= 4 is 51.5 Å². The molecule has 0 aliphatic carbocycles. The van der Waals surface area contributed by atoms with E-state index in [9.17, 15) is 4.79 Å². The van der Waals surface area contributed by atoms with E-state index in [1.165, 1.54) is 16.8 Å². The van der Waals surface area contributed by atoms with Gasteiger partial charge in [-0.05, 0) is 55.5 Å². The van der Waals surface area contributed by atoms with Crippen LogP contribution in [0.4, 0.5) is 11.4 Å². The van der Waals surface area contributed by atoms with E-state index in [0.29, 0.717) is 10.7 Å². The smallest absolute Gasteiger partial charge is 0.261 e. The summed E-state index contributed by atoms with van der Waals surface area (Å²) in [7, 11) is 0. The number of hydrogen-bond donors (Lipinski definition) is 2. The van der Waals surface area contributed by atoms with Crippen molar-refractivity contribution in [1.82, 2.24) is 0 Å². The number of nitrogens with zero attached hydrogens (tertiary/aromatic N) is 1. The molecule has 2 aliphatic heterocycles. The predicted molar refractivity (Wildman–Crippen MR) is 115 cm³/mol. The van der Waals surface area contributed by atoms with E-state index in [0.717, 1.165) is 49.7 Å². The predicted octanol–water partition coefficient (Wildman–Crippen LogP) is 5.17. The molecule has 2 aliphatic rings. The van der Waals surface area contributed by atoms with Crippen LogP contribution in [0.3, 0.4) is 0 Å². The number of halogens is 2. The van der Waals surface area contributed by atoms with E-state index in [1.54, 1.807) is 24.3 Å². The third-order valence-corrected chi connectivity index (χ3v) is 6.51. The molecule has 0 fully saturated rings. The molecule has 5 nitrogen and oxygen atoms in total. The molecule has 1 aromatic heterocycles. The number of anilines is 2. The Kier molecular flexibility index (Phi) is 4.52. The fourth-order valence-corrected chi connectivity index (χ4v) is 4.77. The Bertz CT molecular complexity index is 1220. The first-order valence-corrected chi connectivity index (χ1v) is 10.5. The number of nitrogens with one attached hydrogen (secondary N) is 2. The van der Waals surface area contributed by atoms with Crippen molar-refractivity contribution in [3.05, 3.63) is 62.6 Å². The molecule has 0 unspecified atom stereocenters. The average molecular weight is 428 g/mol. The van der Waals surface area contributed by atoms with Crippen LogP contribution in [0.15, 0.2) is 34.7 Å². The number of fused-ring (bicyclic) bond motifs is 2. The second kappa shape index (κ2) is 7.08. The number of amides is 1. The molecular formula is C22H19Cl2N3O2. The summed E-state index contributed by atoms with van der Waals surface area (Å²) in [5.74, 6) is -0.446. The Hall–Kier alpha value is -2.50. The lowest BCUT2D eigenvalue weighted by Gasteiger charge is -2.37. The van der Waals surface area contributed by atoms with Gasteiger partial charge in [0, 0.05) is 29.7 Å². The Morgan fingerprint density at radius 3 is 2.76 bits per heavy atom. The number of benzene rings is 2. The molecule has 0 saturated heterocycles. The number of aryl methyl sites for hydroxylation is 2. The van der Waals surface area contributed by atoms with Crippen LogP contribution < -0.4 is 15.8 Å². The van der Waals surface area contributed by atoms with Crippen LogP contribution in [0.1, 0.15) is 34.3 Å². The van der Waals surface area contributed by atoms with Gasteiger partial charge in [-0.15, -0.1) is 0 Å². The topological polar surface area (TPSA) is 69.3 Å². The van der Waals surface area contributed by atoms with E-state index >= 15 is 0 Å². The SMILES string of the molecule is N=c1oc2c3c4c(cc2cc1C(=O)Nc1cccc(Cl)c1Cl)CCCN4CCC3. The van der Waals surface area contributed by atoms with Gasteiger partial charge >= 0.3 is 0 Å². The summed E-state index contributed by atoms with van der Waals surface area (Å²) in [4.78, 5) is 15.3. The van der Waals surface area contributed by atoms with Crippen molar-refractivity contribution in [3.8, 4) is 0 Å². The van der Waals surface area contributed by atoms with Crippen molar-refractivity contribution in [2.75, 3.05) is 23.3 Å². The zero-order chi connectivity index (χ0) is 20.1. The van der Waals surface area contributed by atoms with Crippen molar-refractivity contribution in [2.45, 2.75) is 25.7 Å². The second-order valence-corrected chi connectivity index (χ2v) is 8.31. The number of rotatable bonds is 2. The number of carbonyl (C=O) groups is 1. The largest absolute Gasteiger partial charge is 0.438 e. The molecule has 2 N–H and O–H groups in total. The minimum atomic E-state index is -0.446. The summed E-state index contributed by atoms with van der Waals surface area (Å²) >= 11 is 12.2. The second-order valence-electron chi connectivity index (χ2n) is 7.52. The number of hydrogen-bond acceptors (Lipinski definition) is 4. The van der Waals surface area contributed by atoms with E-state index < -0.39 is 5.91 Å². The molecule has 0 radical (unpaired) electrons. The van der Waals surface area contributed by atoms with Gasteiger partial charge in [-0.2, -0.15) is 0 Å². The highest BCUT2D eigenvalue weighted by molar-refractivity contribution is 6.44. The van der Waals surface area contributed by atoms with Gasteiger partial charge in [-0.3, -0.25) is 10.2 Å². The van der Waals surface area contributed by atoms with E-state index in [-0.39, 0.29) is 16.1 Å². The Morgan fingerprint density at radius 1 is 1.14 bits per heavy atom. The highest BCUT2D eigenvalue weighted by Crippen LogP contribution is 2.39. The monoisotopic (exact) mass is 427 g/mol. The Labute approximate surface area is 177 Å². The molecule has 148 valence electrons. The zero-order valence-electron chi connectivity index (χ0n) is 15.6. The lowest BCUT2D eigenvalue weighted by Crippen LogP contribution is -2.34. The normalized spacial score (nSPS) is 15.3. The summed E-state index contributed by atoms with van der Waals surface area (Å²) in [6.45, 7) is 2.14. The molecule has 0 spiro atoms. The van der Waals surface area contributed by atoms with Crippen molar-refractivity contribution < 1.29 is 9.21 Å². The van der Waals surface area contributed by atoms with Gasteiger partial charge in [0.1, 0.15) is 11.1 Å². The molecule has 7 heteroatoms. The lowest BCUT2D eigenvalue weighted by molar-refractivity contribution is 0.102. The summed E-state index contributed by atoms with van der Waals surface area (Å²) < 4.78 is 5.90. The molecular weight excluding hydrogens is 409 g/mol. The van der Waals surface area contributed by atoms with E-state index in [2.05, 4.69) is 16.3 Å². The lowest BCUT2D eigenvalue weighted by atomic mass is 9.90. The van der Waals surface area contributed by atoms with Gasteiger partial charge < -0.3 is 14.6 Å². The van der Waals surface area contributed by atoms with Crippen LogP contribution in [0.2, 0.25) is 10.0 Å².